The number of nitrogens with zero attached hydrogens (tertiary/aromatic N) is 1. The van der Waals surface area contributed by atoms with Crippen LogP contribution >= 0.6 is 0 Å². The zero-order valence-electron chi connectivity index (χ0n) is 15.5. The Labute approximate surface area is 154 Å². The molecule has 0 saturated carbocycles. The first kappa shape index (κ1) is 19.7. The lowest BCUT2D eigenvalue weighted by Gasteiger charge is -2.24. The average molecular weight is 354 g/mol. The van der Waals surface area contributed by atoms with E-state index in [1.165, 1.54) is 0 Å². The first-order valence-electron chi connectivity index (χ1n) is 8.75. The number of hydrogen-bond acceptors (Lipinski definition) is 3. The van der Waals surface area contributed by atoms with Crippen molar-refractivity contribution < 1.29 is 14.7 Å². The van der Waals surface area contributed by atoms with E-state index in [1.54, 1.807) is 24.0 Å². The summed E-state index contributed by atoms with van der Waals surface area (Å²) in [6, 6.07) is 14.7. The summed E-state index contributed by atoms with van der Waals surface area (Å²) in [4.78, 5) is 26.5. The minimum atomic E-state index is -0.642. The molecule has 138 valence electrons. The Morgan fingerprint density at radius 1 is 1.04 bits per heavy atom. The van der Waals surface area contributed by atoms with Crippen molar-refractivity contribution in [1.82, 2.24) is 10.2 Å². The lowest BCUT2D eigenvalue weighted by atomic mass is 10.1. The van der Waals surface area contributed by atoms with Crippen LogP contribution in [0.4, 0.5) is 0 Å². The highest BCUT2D eigenvalue weighted by Gasteiger charge is 2.18. The van der Waals surface area contributed by atoms with E-state index < -0.39 is 6.10 Å². The molecule has 0 spiro atoms. The van der Waals surface area contributed by atoms with E-state index in [2.05, 4.69) is 5.32 Å². The number of hydrogen-bond donors (Lipinski definition) is 2. The van der Waals surface area contributed by atoms with Crippen LogP contribution in [0.2, 0.25) is 0 Å². The molecule has 1 unspecified atom stereocenters. The summed E-state index contributed by atoms with van der Waals surface area (Å²) < 4.78 is 0. The van der Waals surface area contributed by atoms with Gasteiger partial charge in [0.05, 0.1) is 6.10 Å². The minimum Gasteiger partial charge on any atom is -0.392 e. The van der Waals surface area contributed by atoms with Crippen molar-refractivity contribution >= 4 is 11.8 Å². The van der Waals surface area contributed by atoms with Crippen LogP contribution < -0.4 is 5.32 Å². The molecule has 0 aliphatic carbocycles. The Kier molecular flexibility index (Phi) is 6.92. The van der Waals surface area contributed by atoms with E-state index in [4.69, 9.17) is 0 Å². The van der Waals surface area contributed by atoms with Crippen LogP contribution in [-0.2, 0) is 0 Å². The molecular formula is C21H26N2O3. The Morgan fingerprint density at radius 2 is 1.62 bits per heavy atom. The normalized spacial score (nSPS) is 11.7. The molecule has 2 aromatic rings. The second-order valence-electron chi connectivity index (χ2n) is 6.60. The van der Waals surface area contributed by atoms with E-state index in [9.17, 15) is 14.7 Å². The molecule has 2 amide bonds. The zero-order valence-corrected chi connectivity index (χ0v) is 15.5. The molecule has 0 aliphatic rings. The summed E-state index contributed by atoms with van der Waals surface area (Å²) >= 11 is 0. The van der Waals surface area contributed by atoms with Crippen molar-refractivity contribution in [3.8, 4) is 0 Å². The fraction of sp³-hybridized carbons (Fsp3) is 0.333. The second-order valence-corrected chi connectivity index (χ2v) is 6.60. The fourth-order valence-corrected chi connectivity index (χ4v) is 2.75. The van der Waals surface area contributed by atoms with Crippen molar-refractivity contribution in [2.45, 2.75) is 26.9 Å². The van der Waals surface area contributed by atoms with Gasteiger partial charge in [0.15, 0.2) is 0 Å². The van der Waals surface area contributed by atoms with Gasteiger partial charge in [-0.1, -0.05) is 35.4 Å². The molecule has 2 rings (SSSR count). The standard InChI is InChI=1S/C21H26N2O3/c1-15-6-4-8-18(12-15)20(25)22-10-11-23(14-17(3)24)21(26)19-9-5-7-16(2)13-19/h4-9,12-13,17,24H,10-11,14H2,1-3H3,(H,22,25). The summed E-state index contributed by atoms with van der Waals surface area (Å²) in [5.74, 6) is -0.326. The monoisotopic (exact) mass is 354 g/mol. The highest BCUT2D eigenvalue weighted by atomic mass is 16.3. The van der Waals surface area contributed by atoms with E-state index in [1.807, 2.05) is 50.2 Å². The second kappa shape index (κ2) is 9.15. The number of carbonyl (C=O) groups excluding carboxylic acids is 2. The van der Waals surface area contributed by atoms with Crippen LogP contribution in [0.1, 0.15) is 38.8 Å². The van der Waals surface area contributed by atoms with Gasteiger partial charge < -0.3 is 15.3 Å². The average Bonchev–Trinajstić information content (AvgIpc) is 2.59. The maximum Gasteiger partial charge on any atom is 0.254 e. The van der Waals surface area contributed by atoms with Gasteiger partial charge in [0.25, 0.3) is 11.8 Å². The Balaban J connectivity index is 1.99. The summed E-state index contributed by atoms with van der Waals surface area (Å²) in [5, 5.41) is 12.5. The minimum absolute atomic E-state index is 0.153. The summed E-state index contributed by atoms with van der Waals surface area (Å²) in [6.07, 6.45) is -0.642. The number of carbonyl (C=O) groups is 2. The fourth-order valence-electron chi connectivity index (χ4n) is 2.75. The zero-order chi connectivity index (χ0) is 19.1. The Bertz CT molecular complexity index is 771. The van der Waals surface area contributed by atoms with E-state index in [-0.39, 0.29) is 18.4 Å². The van der Waals surface area contributed by atoms with Gasteiger partial charge >= 0.3 is 0 Å². The topological polar surface area (TPSA) is 69.6 Å². The SMILES string of the molecule is Cc1cccc(C(=O)NCCN(CC(C)O)C(=O)c2cccc(C)c2)c1. The quantitative estimate of drug-likeness (QED) is 0.803. The van der Waals surface area contributed by atoms with Gasteiger partial charge in [-0.2, -0.15) is 0 Å². The highest BCUT2D eigenvalue weighted by Crippen LogP contribution is 2.09. The molecule has 0 saturated heterocycles. The van der Waals surface area contributed by atoms with Crippen LogP contribution in [-0.4, -0.2) is 47.6 Å². The molecule has 0 bridgehead atoms. The largest absolute Gasteiger partial charge is 0.392 e. The third-order valence-corrected chi connectivity index (χ3v) is 3.98. The van der Waals surface area contributed by atoms with Crippen molar-refractivity contribution in [1.29, 1.82) is 0 Å². The Morgan fingerprint density at radius 3 is 2.19 bits per heavy atom. The molecule has 1 atom stereocenters. The van der Waals surface area contributed by atoms with Gasteiger partial charge in [-0.15, -0.1) is 0 Å². The molecular weight excluding hydrogens is 328 g/mol. The highest BCUT2D eigenvalue weighted by molar-refractivity contribution is 5.95. The molecule has 0 aromatic heterocycles. The molecule has 0 heterocycles. The van der Waals surface area contributed by atoms with Gasteiger partial charge in [0.2, 0.25) is 0 Å². The van der Waals surface area contributed by atoms with Gasteiger partial charge in [-0.25, -0.2) is 0 Å². The predicted octanol–water partition coefficient (Wildman–Crippen LogP) is 2.56. The summed E-state index contributed by atoms with van der Waals surface area (Å²) in [7, 11) is 0. The smallest absolute Gasteiger partial charge is 0.254 e. The first-order chi connectivity index (χ1) is 12.4. The first-order valence-corrected chi connectivity index (χ1v) is 8.75. The third-order valence-electron chi connectivity index (χ3n) is 3.98. The maximum absolute atomic E-state index is 12.7. The molecule has 0 aliphatic heterocycles. The number of aryl methyl sites for hydroxylation is 2. The van der Waals surface area contributed by atoms with Crippen LogP contribution in [0.25, 0.3) is 0 Å². The number of rotatable bonds is 7. The van der Waals surface area contributed by atoms with E-state index in [0.717, 1.165) is 11.1 Å². The van der Waals surface area contributed by atoms with Gasteiger partial charge in [-0.3, -0.25) is 9.59 Å². The lowest BCUT2D eigenvalue weighted by molar-refractivity contribution is 0.0644. The number of aliphatic hydroxyl groups excluding tert-OH is 1. The molecule has 2 aromatic carbocycles. The van der Waals surface area contributed by atoms with Crippen LogP contribution in [0, 0.1) is 13.8 Å². The predicted molar refractivity (Wildman–Crippen MR) is 102 cm³/mol. The van der Waals surface area contributed by atoms with Gasteiger partial charge in [0.1, 0.15) is 0 Å². The molecule has 2 N–H and O–H groups in total. The van der Waals surface area contributed by atoms with Crippen LogP contribution in [0.3, 0.4) is 0 Å². The van der Waals surface area contributed by atoms with Gasteiger partial charge in [0, 0.05) is 30.8 Å². The van der Waals surface area contributed by atoms with Crippen molar-refractivity contribution in [3.05, 3.63) is 70.8 Å². The van der Waals surface area contributed by atoms with Crippen LogP contribution in [0.15, 0.2) is 48.5 Å². The summed E-state index contributed by atoms with van der Waals surface area (Å²) in [5.41, 5.74) is 3.19. The molecule has 26 heavy (non-hydrogen) atoms. The van der Waals surface area contributed by atoms with E-state index >= 15 is 0 Å². The van der Waals surface area contributed by atoms with Crippen molar-refractivity contribution in [3.63, 3.8) is 0 Å². The van der Waals surface area contributed by atoms with Crippen molar-refractivity contribution in [2.75, 3.05) is 19.6 Å². The molecule has 0 fully saturated rings. The number of benzene rings is 2. The van der Waals surface area contributed by atoms with Crippen molar-refractivity contribution in [2.24, 2.45) is 0 Å². The van der Waals surface area contributed by atoms with E-state index in [0.29, 0.717) is 24.2 Å². The van der Waals surface area contributed by atoms with Crippen LogP contribution in [0.5, 0.6) is 0 Å². The Hall–Kier alpha value is -2.66. The number of amides is 2. The maximum atomic E-state index is 12.7. The molecule has 0 radical (unpaired) electrons. The lowest BCUT2D eigenvalue weighted by Crippen LogP contribution is -2.42. The summed E-state index contributed by atoms with van der Waals surface area (Å²) in [6.45, 7) is 6.36. The number of nitrogens with one attached hydrogen (secondary N) is 1. The molecule has 5 nitrogen and oxygen atoms in total. The van der Waals surface area contributed by atoms with Gasteiger partial charge in [-0.05, 0) is 45.0 Å². The number of aliphatic hydroxyl groups is 1. The molecule has 5 heteroatoms. The third kappa shape index (κ3) is 5.70.